The molecule has 1 aromatic rings. The first-order valence-electron chi connectivity index (χ1n) is 7.87. The highest BCUT2D eigenvalue weighted by molar-refractivity contribution is 5.73. The number of benzene rings is 1. The van der Waals surface area contributed by atoms with Crippen LogP contribution in [0, 0.1) is 22.2 Å². The zero-order valence-corrected chi connectivity index (χ0v) is 14.8. The number of carbonyl (C=O) groups excluding carboxylic acids is 1. The molecule has 1 amide bonds. The molecule has 1 saturated carbocycles. The number of nitrogens with one attached hydrogen (secondary N) is 1. The maximum atomic E-state index is 13.1. The van der Waals surface area contributed by atoms with E-state index in [9.17, 15) is 18.0 Å². The first-order chi connectivity index (χ1) is 11.3. The Morgan fingerprint density at radius 1 is 1.24 bits per heavy atom. The van der Waals surface area contributed by atoms with Gasteiger partial charge in [-0.15, -0.1) is 0 Å². The molecular weight excluding hydrogens is 333 g/mol. The van der Waals surface area contributed by atoms with Crippen LogP contribution in [0.15, 0.2) is 18.2 Å². The zero-order chi connectivity index (χ0) is 19.2. The van der Waals surface area contributed by atoms with Gasteiger partial charge in [-0.3, -0.25) is 4.79 Å². The molecule has 0 saturated heterocycles. The van der Waals surface area contributed by atoms with E-state index in [1.54, 1.807) is 6.07 Å². The van der Waals surface area contributed by atoms with E-state index in [1.807, 2.05) is 27.7 Å². The number of carbonyl (C=O) groups is 1. The van der Waals surface area contributed by atoms with E-state index in [0.29, 0.717) is 0 Å². The Morgan fingerprint density at radius 3 is 2.24 bits per heavy atom. The maximum absolute atomic E-state index is 13.1. The van der Waals surface area contributed by atoms with E-state index in [4.69, 9.17) is 10.00 Å². The third-order valence-corrected chi connectivity index (χ3v) is 4.86. The largest absolute Gasteiger partial charge is 0.489 e. The summed E-state index contributed by atoms with van der Waals surface area (Å²) in [4.78, 5) is 11.4. The standard InChI is InChI=1S/C18H21F3N2O2/c1-10(24)23-14-16(2,3)15(17(14,4)5)25-12-7-6-11(9-22)13(8-12)18(19,20)21/h6-8,14-15H,1-5H3,(H,23,24). The maximum Gasteiger partial charge on any atom is 0.417 e. The fourth-order valence-electron chi connectivity index (χ4n) is 4.07. The van der Waals surface area contributed by atoms with Gasteiger partial charge in [0.2, 0.25) is 5.91 Å². The van der Waals surface area contributed by atoms with Gasteiger partial charge >= 0.3 is 6.18 Å². The molecule has 4 nitrogen and oxygen atoms in total. The predicted octanol–water partition coefficient (Wildman–Crippen LogP) is 3.90. The lowest BCUT2D eigenvalue weighted by Crippen LogP contribution is -2.74. The summed E-state index contributed by atoms with van der Waals surface area (Å²) in [7, 11) is 0. The van der Waals surface area contributed by atoms with Crippen molar-refractivity contribution in [1.82, 2.24) is 5.32 Å². The summed E-state index contributed by atoms with van der Waals surface area (Å²) in [6.45, 7) is 9.03. The first kappa shape index (κ1) is 19.1. The summed E-state index contributed by atoms with van der Waals surface area (Å²) in [6, 6.07) is 4.72. The quantitative estimate of drug-likeness (QED) is 0.896. The Balaban J connectivity index is 2.32. The molecule has 1 fully saturated rings. The van der Waals surface area contributed by atoms with Crippen molar-refractivity contribution >= 4 is 5.91 Å². The molecular formula is C18H21F3N2O2. The molecule has 25 heavy (non-hydrogen) atoms. The Morgan fingerprint density at radius 2 is 1.80 bits per heavy atom. The van der Waals surface area contributed by atoms with Crippen LogP contribution in [-0.2, 0) is 11.0 Å². The van der Waals surface area contributed by atoms with Gasteiger partial charge in [-0.1, -0.05) is 27.7 Å². The van der Waals surface area contributed by atoms with E-state index in [2.05, 4.69) is 5.32 Å². The van der Waals surface area contributed by atoms with Gasteiger partial charge < -0.3 is 10.1 Å². The lowest BCUT2D eigenvalue weighted by molar-refractivity contribution is -0.173. The van der Waals surface area contributed by atoms with Crippen molar-refractivity contribution in [1.29, 1.82) is 5.26 Å². The first-order valence-corrected chi connectivity index (χ1v) is 7.87. The molecule has 0 aliphatic heterocycles. The normalized spacial score (nSPS) is 24.0. The molecule has 0 spiro atoms. The Bertz CT molecular complexity index is 717. The second-order valence-electron chi connectivity index (χ2n) is 7.59. The summed E-state index contributed by atoms with van der Waals surface area (Å²) >= 11 is 0. The molecule has 1 aliphatic carbocycles. The van der Waals surface area contributed by atoms with Crippen LogP contribution in [0.1, 0.15) is 45.7 Å². The number of amides is 1. The summed E-state index contributed by atoms with van der Waals surface area (Å²) in [5.41, 5.74) is -2.37. The lowest BCUT2D eigenvalue weighted by atomic mass is 9.49. The highest BCUT2D eigenvalue weighted by Gasteiger charge is 2.64. The van der Waals surface area contributed by atoms with Gasteiger partial charge in [-0.05, 0) is 18.2 Å². The van der Waals surface area contributed by atoms with Gasteiger partial charge in [0.1, 0.15) is 11.9 Å². The van der Waals surface area contributed by atoms with Gasteiger partial charge in [0.25, 0.3) is 0 Å². The van der Waals surface area contributed by atoms with Crippen molar-refractivity contribution in [2.45, 2.75) is 52.9 Å². The molecule has 0 unspecified atom stereocenters. The summed E-state index contributed by atoms with van der Waals surface area (Å²) in [6.07, 6.45) is -5.03. The Kier molecular flexibility index (Phi) is 4.54. The molecule has 0 atom stereocenters. The summed E-state index contributed by atoms with van der Waals surface area (Å²) in [5.74, 6) is -0.110. The number of halogens is 3. The molecule has 0 bridgehead atoms. The number of nitrogens with zero attached hydrogens (tertiary/aromatic N) is 1. The van der Waals surface area contributed by atoms with E-state index < -0.39 is 34.2 Å². The molecule has 1 aliphatic rings. The molecule has 7 heteroatoms. The van der Waals surface area contributed by atoms with Gasteiger partial charge in [0.05, 0.1) is 17.2 Å². The third-order valence-electron chi connectivity index (χ3n) is 4.86. The van der Waals surface area contributed by atoms with Crippen LogP contribution in [0.4, 0.5) is 13.2 Å². The van der Waals surface area contributed by atoms with E-state index in [-0.39, 0.29) is 17.7 Å². The van der Waals surface area contributed by atoms with E-state index in [0.717, 1.165) is 12.1 Å². The van der Waals surface area contributed by atoms with Crippen LogP contribution in [-0.4, -0.2) is 18.1 Å². The molecule has 2 rings (SSSR count). The molecule has 136 valence electrons. The monoisotopic (exact) mass is 354 g/mol. The number of hydrogen-bond donors (Lipinski definition) is 1. The van der Waals surface area contributed by atoms with Crippen LogP contribution in [0.5, 0.6) is 5.75 Å². The smallest absolute Gasteiger partial charge is 0.417 e. The third kappa shape index (κ3) is 3.30. The zero-order valence-electron chi connectivity index (χ0n) is 14.8. The second-order valence-corrected chi connectivity index (χ2v) is 7.59. The van der Waals surface area contributed by atoms with Crippen LogP contribution >= 0.6 is 0 Å². The minimum atomic E-state index is -4.63. The molecule has 0 aromatic heterocycles. The van der Waals surface area contributed by atoms with Crippen LogP contribution in [0.25, 0.3) is 0 Å². The highest BCUT2D eigenvalue weighted by atomic mass is 19.4. The number of alkyl halides is 3. The lowest BCUT2D eigenvalue weighted by Gasteiger charge is -2.63. The average Bonchev–Trinajstić information content (AvgIpc) is 2.48. The molecule has 1 N–H and O–H groups in total. The van der Waals surface area contributed by atoms with Gasteiger partial charge in [-0.2, -0.15) is 18.4 Å². The van der Waals surface area contributed by atoms with E-state index in [1.165, 1.54) is 13.0 Å². The van der Waals surface area contributed by atoms with Crippen LogP contribution < -0.4 is 10.1 Å². The topological polar surface area (TPSA) is 62.1 Å². The number of nitriles is 1. The molecule has 0 heterocycles. The predicted molar refractivity (Wildman–Crippen MR) is 85.7 cm³/mol. The van der Waals surface area contributed by atoms with Crippen molar-refractivity contribution < 1.29 is 22.7 Å². The summed E-state index contributed by atoms with van der Waals surface area (Å²) < 4.78 is 45.2. The molecule has 0 radical (unpaired) electrons. The van der Waals surface area contributed by atoms with Crippen molar-refractivity contribution in [3.8, 4) is 11.8 Å². The SMILES string of the molecule is CC(=O)NC1C(C)(C)C(Oc2ccc(C#N)c(C(F)(F)F)c2)C1(C)C. The summed E-state index contributed by atoms with van der Waals surface area (Å²) in [5, 5.41) is 11.8. The van der Waals surface area contributed by atoms with Gasteiger partial charge in [0, 0.05) is 23.8 Å². The minimum absolute atomic E-state index is 0.0544. The average molecular weight is 354 g/mol. The fraction of sp³-hybridized carbons (Fsp3) is 0.556. The van der Waals surface area contributed by atoms with Crippen LogP contribution in [0.3, 0.4) is 0 Å². The van der Waals surface area contributed by atoms with E-state index >= 15 is 0 Å². The second kappa shape index (κ2) is 5.94. The number of rotatable bonds is 3. The van der Waals surface area contributed by atoms with Gasteiger partial charge in [-0.25, -0.2) is 0 Å². The Labute approximate surface area is 145 Å². The minimum Gasteiger partial charge on any atom is -0.489 e. The van der Waals surface area contributed by atoms with Crippen molar-refractivity contribution in [3.63, 3.8) is 0 Å². The van der Waals surface area contributed by atoms with Crippen molar-refractivity contribution in [2.24, 2.45) is 10.8 Å². The molecule has 1 aromatic carbocycles. The van der Waals surface area contributed by atoms with Crippen molar-refractivity contribution in [3.05, 3.63) is 29.3 Å². The Hall–Kier alpha value is -2.23. The number of ether oxygens (including phenoxy) is 1. The highest BCUT2D eigenvalue weighted by Crippen LogP contribution is 2.55. The number of hydrogen-bond acceptors (Lipinski definition) is 3. The van der Waals surface area contributed by atoms with Crippen LogP contribution in [0.2, 0.25) is 0 Å². The van der Waals surface area contributed by atoms with Gasteiger partial charge in [0.15, 0.2) is 0 Å². The van der Waals surface area contributed by atoms with Crippen molar-refractivity contribution in [2.75, 3.05) is 0 Å². The fourth-order valence-corrected chi connectivity index (χ4v) is 4.07.